The number of nitrogens with zero attached hydrogens (tertiary/aromatic N) is 3. The van der Waals surface area contributed by atoms with Crippen molar-refractivity contribution in [1.82, 2.24) is 14.8 Å². The van der Waals surface area contributed by atoms with Crippen molar-refractivity contribution >= 4 is 62.8 Å². The minimum atomic E-state index is -0.614. The van der Waals surface area contributed by atoms with Crippen LogP contribution in [-0.2, 0) is 16.1 Å². The van der Waals surface area contributed by atoms with Crippen molar-refractivity contribution in [3.8, 4) is 5.75 Å². The Morgan fingerprint density at radius 1 is 1.22 bits per heavy atom. The van der Waals surface area contributed by atoms with E-state index in [4.69, 9.17) is 37.8 Å². The molecule has 0 spiro atoms. The highest BCUT2D eigenvalue weighted by atomic mass is 79.9. The average molecular weight is 626 g/mol. The molecule has 2 heterocycles. The van der Waals surface area contributed by atoms with E-state index in [2.05, 4.69) is 33.2 Å². The van der Waals surface area contributed by atoms with E-state index >= 15 is 0 Å². The Labute approximate surface area is 239 Å². The van der Waals surface area contributed by atoms with Crippen LogP contribution in [0.2, 0.25) is 10.0 Å². The molecule has 1 N–H and O–H groups in total. The summed E-state index contributed by atoms with van der Waals surface area (Å²) >= 11 is 17.5. The van der Waals surface area contributed by atoms with Gasteiger partial charge in [-0.1, -0.05) is 77.2 Å². The fraction of sp³-hybridized carbons (Fsp3) is 0.346. The number of hydrogen-bond acceptors (Lipinski definition) is 7. The lowest BCUT2D eigenvalue weighted by Gasteiger charge is -2.29. The van der Waals surface area contributed by atoms with Crippen LogP contribution in [0.15, 0.2) is 57.3 Å². The van der Waals surface area contributed by atoms with E-state index in [-0.39, 0.29) is 6.61 Å². The lowest BCUT2D eigenvalue weighted by Crippen LogP contribution is -2.30. The molecule has 0 bridgehead atoms. The van der Waals surface area contributed by atoms with Gasteiger partial charge in [0, 0.05) is 31.3 Å². The lowest BCUT2D eigenvalue weighted by atomic mass is 9.95. The highest BCUT2D eigenvalue weighted by Gasteiger charge is 2.37. The summed E-state index contributed by atoms with van der Waals surface area (Å²) in [6.07, 6.45) is 1.71. The van der Waals surface area contributed by atoms with Crippen LogP contribution in [0.25, 0.3) is 0 Å². The number of unbranched alkanes of at least 4 members (excludes halogenated alkanes) is 1. The molecule has 3 aromatic rings. The van der Waals surface area contributed by atoms with Gasteiger partial charge in [0.15, 0.2) is 0 Å². The van der Waals surface area contributed by atoms with Gasteiger partial charge in [-0.2, -0.15) is 4.98 Å². The summed E-state index contributed by atoms with van der Waals surface area (Å²) in [4.78, 5) is 18.0. The Balaban J connectivity index is 1.77. The molecule has 1 atom stereocenters. The molecule has 196 valence electrons. The van der Waals surface area contributed by atoms with Gasteiger partial charge in [0.25, 0.3) is 0 Å². The molecule has 0 radical (unpaired) electrons. The number of carbonyl (C=O) groups excluding carboxylic acids is 1. The molecule has 0 amide bonds. The normalized spacial score (nSPS) is 14.8. The monoisotopic (exact) mass is 624 g/mol. The third-order valence-corrected chi connectivity index (χ3v) is 7.52. The summed E-state index contributed by atoms with van der Waals surface area (Å²) < 4.78 is 14.5. The maximum absolute atomic E-state index is 13.4. The molecule has 4 rings (SSSR count). The van der Waals surface area contributed by atoms with Gasteiger partial charge in [0.05, 0.1) is 12.2 Å². The predicted octanol–water partition coefficient (Wildman–Crippen LogP) is 7.67. The van der Waals surface area contributed by atoms with E-state index in [0.717, 1.165) is 34.2 Å². The summed E-state index contributed by atoms with van der Waals surface area (Å²) in [7, 11) is 0. The third-order valence-electron chi connectivity index (χ3n) is 5.72. The second kappa shape index (κ2) is 12.6. The first-order chi connectivity index (χ1) is 17.8. The fourth-order valence-electron chi connectivity index (χ4n) is 3.92. The Morgan fingerprint density at radius 3 is 2.76 bits per heavy atom. The van der Waals surface area contributed by atoms with E-state index in [1.54, 1.807) is 16.8 Å². The number of esters is 1. The van der Waals surface area contributed by atoms with Crippen molar-refractivity contribution in [2.24, 2.45) is 0 Å². The summed E-state index contributed by atoms with van der Waals surface area (Å²) in [5.41, 5.74) is 2.64. The average Bonchev–Trinajstić information content (AvgIpc) is 3.25. The molecule has 1 aromatic heterocycles. The largest absolute Gasteiger partial charge is 0.488 e. The zero-order valence-electron chi connectivity index (χ0n) is 20.7. The molecule has 2 aromatic carbocycles. The maximum Gasteiger partial charge on any atom is 0.338 e. The van der Waals surface area contributed by atoms with E-state index in [0.29, 0.717) is 44.8 Å². The summed E-state index contributed by atoms with van der Waals surface area (Å²) in [6, 6.07) is 10.3. The zero-order chi connectivity index (χ0) is 26.5. The number of aromatic nitrogens is 3. The number of nitrogens with one attached hydrogen (secondary N) is 1. The Bertz CT molecular complexity index is 1330. The minimum Gasteiger partial charge on any atom is -0.488 e. The molecular formula is C26H27BrCl2N4O3S. The van der Waals surface area contributed by atoms with Gasteiger partial charge < -0.3 is 14.8 Å². The molecule has 37 heavy (non-hydrogen) atoms. The number of rotatable bonds is 10. The topological polar surface area (TPSA) is 78.3 Å². The summed E-state index contributed by atoms with van der Waals surface area (Å²) in [5.74, 6) is 1.55. The number of thioether (sulfide) groups is 1. The van der Waals surface area contributed by atoms with Crippen LogP contribution >= 0.6 is 50.9 Å². The number of hydrogen-bond donors (Lipinski definition) is 1. The van der Waals surface area contributed by atoms with Crippen LogP contribution in [0.4, 0.5) is 5.95 Å². The van der Waals surface area contributed by atoms with Gasteiger partial charge in [-0.3, -0.25) is 0 Å². The van der Waals surface area contributed by atoms with Crippen LogP contribution in [-0.4, -0.2) is 33.1 Å². The lowest BCUT2D eigenvalue weighted by molar-refractivity contribution is -0.139. The smallest absolute Gasteiger partial charge is 0.338 e. The summed E-state index contributed by atoms with van der Waals surface area (Å²) in [5, 5.41) is 9.66. The third kappa shape index (κ3) is 6.45. The quantitative estimate of drug-likeness (QED) is 0.141. The van der Waals surface area contributed by atoms with Crippen molar-refractivity contribution in [3.05, 3.63) is 73.3 Å². The van der Waals surface area contributed by atoms with Gasteiger partial charge in [-0.15, -0.1) is 5.10 Å². The second-order valence-electron chi connectivity index (χ2n) is 8.36. The van der Waals surface area contributed by atoms with Crippen LogP contribution in [0, 0.1) is 0 Å². The van der Waals surface area contributed by atoms with Crippen LogP contribution < -0.4 is 10.1 Å². The Morgan fingerprint density at radius 2 is 2.03 bits per heavy atom. The van der Waals surface area contributed by atoms with Gasteiger partial charge >= 0.3 is 5.97 Å². The number of fused-ring (bicyclic) bond motifs is 1. The Kier molecular flexibility index (Phi) is 9.45. The molecule has 0 fully saturated rings. The zero-order valence-corrected chi connectivity index (χ0v) is 24.6. The molecular weight excluding hydrogens is 599 g/mol. The number of anilines is 1. The van der Waals surface area contributed by atoms with Crippen molar-refractivity contribution in [2.45, 2.75) is 51.4 Å². The minimum absolute atomic E-state index is 0.218. The number of carbonyl (C=O) groups is 1. The van der Waals surface area contributed by atoms with Crippen molar-refractivity contribution < 1.29 is 14.3 Å². The number of ether oxygens (including phenoxy) is 2. The van der Waals surface area contributed by atoms with E-state index in [9.17, 15) is 4.79 Å². The highest BCUT2D eigenvalue weighted by Crippen LogP contribution is 2.41. The van der Waals surface area contributed by atoms with E-state index < -0.39 is 12.0 Å². The number of halogens is 3. The molecule has 1 aliphatic rings. The molecule has 1 aliphatic heterocycles. The van der Waals surface area contributed by atoms with Crippen LogP contribution in [0.3, 0.4) is 0 Å². The van der Waals surface area contributed by atoms with Crippen molar-refractivity contribution in [1.29, 1.82) is 0 Å². The first-order valence-electron chi connectivity index (χ1n) is 11.9. The summed E-state index contributed by atoms with van der Waals surface area (Å²) in [6.45, 7) is 6.50. The van der Waals surface area contributed by atoms with Gasteiger partial charge in [-0.25, -0.2) is 9.48 Å². The molecule has 0 aliphatic carbocycles. The first-order valence-corrected chi connectivity index (χ1v) is 14.5. The molecule has 1 unspecified atom stereocenters. The van der Waals surface area contributed by atoms with Crippen molar-refractivity contribution in [3.63, 3.8) is 0 Å². The molecule has 7 nitrogen and oxygen atoms in total. The number of benzene rings is 2. The molecule has 11 heteroatoms. The van der Waals surface area contributed by atoms with Gasteiger partial charge in [-0.05, 0) is 49.4 Å². The maximum atomic E-state index is 13.4. The first kappa shape index (κ1) is 27.8. The SMILES string of the molecule is CCCCOC(=O)C1=C(C)Nc2nc(SCC)nn2C1c1cc(Br)ccc1OCc1ccc(Cl)cc1Cl. The highest BCUT2D eigenvalue weighted by molar-refractivity contribution is 9.10. The number of allylic oxidation sites excluding steroid dienone is 1. The molecule has 0 saturated carbocycles. The Hall–Kier alpha value is -2.20. The predicted molar refractivity (Wildman–Crippen MR) is 152 cm³/mol. The van der Waals surface area contributed by atoms with E-state index in [1.807, 2.05) is 38.1 Å². The van der Waals surface area contributed by atoms with Crippen molar-refractivity contribution in [2.75, 3.05) is 17.7 Å². The van der Waals surface area contributed by atoms with E-state index in [1.165, 1.54) is 11.8 Å². The standard InChI is InChI=1S/C26H27BrCl2N4O3S/c1-4-6-11-35-24(34)22-15(3)30-25-31-26(37-5-2)32-33(25)23(22)19-12-17(27)8-10-21(19)36-14-16-7-9-18(28)13-20(16)29/h7-10,12-13,23H,4-6,11,14H2,1-3H3,(H,30,31,32). The molecule has 0 saturated heterocycles. The van der Waals surface area contributed by atoms with Crippen LogP contribution in [0.5, 0.6) is 5.75 Å². The second-order valence-corrected chi connectivity index (χ2v) is 11.3. The fourth-order valence-corrected chi connectivity index (χ4v) is 5.32. The van der Waals surface area contributed by atoms with Crippen LogP contribution in [0.1, 0.15) is 50.8 Å². The van der Waals surface area contributed by atoms with Gasteiger partial charge in [0.2, 0.25) is 11.1 Å². The van der Waals surface area contributed by atoms with Gasteiger partial charge in [0.1, 0.15) is 18.4 Å².